The van der Waals surface area contributed by atoms with Gasteiger partial charge in [0.1, 0.15) is 5.60 Å². The van der Waals surface area contributed by atoms with Crippen molar-refractivity contribution < 1.29 is 22.7 Å². The summed E-state index contributed by atoms with van der Waals surface area (Å²) < 4.78 is 45.8. The lowest BCUT2D eigenvalue weighted by Crippen LogP contribution is -2.49. The van der Waals surface area contributed by atoms with Crippen molar-refractivity contribution in [2.45, 2.75) is 11.8 Å². The van der Waals surface area contributed by atoms with Gasteiger partial charge in [-0.3, -0.25) is 0 Å². The maximum Gasteiger partial charge on any atom is 0.490 e. The van der Waals surface area contributed by atoms with Crippen LogP contribution in [-0.4, -0.2) is 17.7 Å². The minimum absolute atomic E-state index is 0.314. The fourth-order valence-electron chi connectivity index (χ4n) is 15.8. The van der Waals surface area contributed by atoms with Crippen molar-refractivity contribution in [3.8, 4) is 0 Å². The summed E-state index contributed by atoms with van der Waals surface area (Å²) in [5.74, 6) is 11.6. The number of alkyl halides is 3. The summed E-state index contributed by atoms with van der Waals surface area (Å²) >= 11 is 0. The van der Waals surface area contributed by atoms with Crippen LogP contribution in [0.2, 0.25) is 0 Å². The lowest BCUT2D eigenvalue weighted by molar-refractivity contribution is -0.223. The van der Waals surface area contributed by atoms with E-state index in [0.29, 0.717) is 53.3 Å². The summed E-state index contributed by atoms with van der Waals surface area (Å²) in [5.41, 5.74) is -0.690. The highest BCUT2D eigenvalue weighted by Gasteiger charge is 3.03. The second-order valence-corrected chi connectivity index (χ2v) is 12.6. The number of esters is 1. The molecule has 2 nitrogen and oxygen atoms in total. The Bertz CT molecular complexity index is 812. The van der Waals surface area contributed by atoms with Crippen molar-refractivity contribution in [2.24, 2.45) is 112 Å². The molecule has 0 N–H and O–H groups in total. The average Bonchev–Trinajstić information content (AvgIpc) is 3.30. The molecular formula is C22H19F3O2. The predicted molar refractivity (Wildman–Crippen MR) is 81.2 cm³/mol. The smallest absolute Gasteiger partial charge is 0.451 e. The Morgan fingerprint density at radius 1 is 0.556 bits per heavy atom. The lowest BCUT2D eigenvalue weighted by atomic mass is 9.74. The minimum atomic E-state index is -4.84. The maximum atomic E-state index is 13.3. The first-order valence-corrected chi connectivity index (χ1v) is 11.3. The Morgan fingerprint density at radius 2 is 0.815 bits per heavy atom. The highest BCUT2D eigenvalue weighted by Crippen LogP contribution is 3.03. The Balaban J connectivity index is 1.26. The molecule has 12 saturated carbocycles. The summed E-state index contributed by atoms with van der Waals surface area (Å²) in [7, 11) is 0. The third-order valence-electron chi connectivity index (χ3n) is 13.9. The molecule has 12 rings (SSSR count). The first-order valence-electron chi connectivity index (χ1n) is 11.3. The van der Waals surface area contributed by atoms with Gasteiger partial charge in [-0.2, -0.15) is 13.2 Å². The van der Waals surface area contributed by atoms with Crippen LogP contribution in [0, 0.1) is 112 Å². The Hall–Kier alpha value is -0.740. The molecule has 0 saturated heterocycles. The van der Waals surface area contributed by atoms with E-state index in [4.69, 9.17) is 4.74 Å². The van der Waals surface area contributed by atoms with Gasteiger partial charge in [-0.05, 0) is 94.7 Å². The van der Waals surface area contributed by atoms with Gasteiger partial charge in [0.2, 0.25) is 0 Å². The molecule has 12 fully saturated rings. The second kappa shape index (κ2) is 2.85. The number of carbonyl (C=O) groups excluding carboxylic acids is 1. The van der Waals surface area contributed by atoms with Crippen LogP contribution in [0.1, 0.15) is 0 Å². The summed E-state index contributed by atoms with van der Waals surface area (Å²) in [6, 6.07) is 0. The van der Waals surface area contributed by atoms with E-state index < -0.39 is 17.7 Å². The quantitative estimate of drug-likeness (QED) is 0.662. The first kappa shape index (κ1) is 12.7. The molecule has 0 aromatic rings. The molecular weight excluding hydrogens is 353 g/mol. The topological polar surface area (TPSA) is 26.3 Å². The molecule has 20 atom stereocenters. The molecule has 0 bridgehead atoms. The summed E-state index contributed by atoms with van der Waals surface area (Å²) in [4.78, 5) is 12.2. The Labute approximate surface area is 153 Å². The van der Waals surface area contributed by atoms with Crippen LogP contribution in [0.3, 0.4) is 0 Å². The zero-order valence-corrected chi connectivity index (χ0v) is 14.4. The lowest BCUT2D eigenvalue weighted by Gasteiger charge is -2.39. The van der Waals surface area contributed by atoms with E-state index in [0.717, 1.165) is 59.2 Å². The molecule has 8 unspecified atom stereocenters. The van der Waals surface area contributed by atoms with Gasteiger partial charge in [0.25, 0.3) is 0 Å². The van der Waals surface area contributed by atoms with Gasteiger partial charge in [-0.1, -0.05) is 0 Å². The van der Waals surface area contributed by atoms with Crippen molar-refractivity contribution in [1.29, 1.82) is 0 Å². The number of halogens is 3. The number of hydrogen-bond acceptors (Lipinski definition) is 2. The van der Waals surface area contributed by atoms with Crippen LogP contribution in [0.15, 0.2) is 0 Å². The Kier molecular flexibility index (Phi) is 1.34. The van der Waals surface area contributed by atoms with E-state index in [1.807, 2.05) is 0 Å². The normalized spacial score (nSPS) is 86.3. The third-order valence-corrected chi connectivity index (χ3v) is 13.9. The Morgan fingerprint density at radius 3 is 1.07 bits per heavy atom. The van der Waals surface area contributed by atoms with Crippen LogP contribution >= 0.6 is 0 Å². The van der Waals surface area contributed by atoms with Gasteiger partial charge in [-0.15, -0.1) is 0 Å². The van der Waals surface area contributed by atoms with Crippen molar-refractivity contribution >= 4 is 5.97 Å². The highest BCUT2D eigenvalue weighted by molar-refractivity contribution is 5.76. The molecule has 0 radical (unpaired) electrons. The van der Waals surface area contributed by atoms with E-state index in [-0.39, 0.29) is 0 Å². The minimum Gasteiger partial charge on any atom is -0.451 e. The molecule has 0 spiro atoms. The number of hydrogen-bond donors (Lipinski definition) is 0. The van der Waals surface area contributed by atoms with Gasteiger partial charge in [0.05, 0.1) is 0 Å². The maximum absolute atomic E-state index is 13.3. The molecule has 0 aromatic carbocycles. The van der Waals surface area contributed by atoms with Gasteiger partial charge in [0.15, 0.2) is 0 Å². The van der Waals surface area contributed by atoms with E-state index in [1.165, 1.54) is 0 Å². The van der Waals surface area contributed by atoms with Crippen LogP contribution < -0.4 is 0 Å². The van der Waals surface area contributed by atoms with Gasteiger partial charge < -0.3 is 4.74 Å². The molecule has 140 valence electrons. The number of ether oxygens (including phenoxy) is 1. The summed E-state index contributed by atoms with van der Waals surface area (Å²) in [6.45, 7) is 0. The van der Waals surface area contributed by atoms with Crippen molar-refractivity contribution in [2.75, 3.05) is 0 Å². The van der Waals surface area contributed by atoms with Crippen LogP contribution in [-0.2, 0) is 9.53 Å². The monoisotopic (exact) mass is 372 g/mol. The zero-order valence-electron chi connectivity index (χ0n) is 14.4. The van der Waals surface area contributed by atoms with Crippen LogP contribution in [0.4, 0.5) is 13.2 Å². The molecule has 0 amide bonds. The van der Waals surface area contributed by atoms with Crippen LogP contribution in [0.5, 0.6) is 0 Å². The standard InChI is InChI=1S/C22H19F3O2/c23-22(24,25)20(26)27-21-17-11-5-2-1-3-7(5)13(17)15-9(3)10-4(1)8-6(2)12(11)18(21)14(8)16(10)19(15)21/h1-19H/t1?,2?,3?,4?,5-,6-,7-,8+,9+,10+,11-,12+,13-,14+,15-,16-,17?,18?,19?,21?/m0/s1. The van der Waals surface area contributed by atoms with Gasteiger partial charge >= 0.3 is 12.1 Å². The van der Waals surface area contributed by atoms with E-state index in [1.54, 1.807) is 0 Å². The molecule has 27 heavy (non-hydrogen) atoms. The highest BCUT2D eigenvalue weighted by atomic mass is 19.4. The third kappa shape index (κ3) is 0.736. The van der Waals surface area contributed by atoms with Crippen molar-refractivity contribution in [1.82, 2.24) is 0 Å². The fourth-order valence-corrected chi connectivity index (χ4v) is 15.8. The average molecular weight is 372 g/mol. The van der Waals surface area contributed by atoms with Crippen molar-refractivity contribution in [3.63, 3.8) is 0 Å². The van der Waals surface area contributed by atoms with Crippen LogP contribution in [0.25, 0.3) is 0 Å². The van der Waals surface area contributed by atoms with Gasteiger partial charge in [0, 0.05) is 17.8 Å². The molecule has 5 heteroatoms. The predicted octanol–water partition coefficient (Wildman–Crippen LogP) is 2.69. The molecule has 12 aliphatic carbocycles. The van der Waals surface area contributed by atoms with E-state index in [2.05, 4.69) is 0 Å². The zero-order chi connectivity index (χ0) is 17.3. The molecule has 0 aliphatic heterocycles. The summed E-state index contributed by atoms with van der Waals surface area (Å²) in [5, 5.41) is 0. The first-order chi connectivity index (χ1) is 13.0. The fraction of sp³-hybridized carbons (Fsp3) is 0.955. The molecule has 12 aliphatic rings. The number of carbonyl (C=O) groups is 1. The molecule has 0 heterocycles. The summed E-state index contributed by atoms with van der Waals surface area (Å²) in [6.07, 6.45) is -4.84. The van der Waals surface area contributed by atoms with Crippen molar-refractivity contribution in [3.05, 3.63) is 0 Å². The largest absolute Gasteiger partial charge is 0.490 e. The second-order valence-electron chi connectivity index (χ2n) is 12.6. The van der Waals surface area contributed by atoms with E-state index >= 15 is 0 Å². The van der Waals surface area contributed by atoms with Gasteiger partial charge in [-0.25, -0.2) is 4.79 Å². The molecule has 0 aromatic heterocycles. The SMILES string of the molecule is O=C(OC12C3[C@@H]4[C@@H]5C6C7C8[C@@H]5[C@@H]3[C@H]3C1[C@H]1[C@@H](C7[C@@H]5[C@@H]6[C@@H]4C2[C@@H]51)[C@H]83)C(F)(F)F. The number of rotatable bonds is 1. The van der Waals surface area contributed by atoms with E-state index in [9.17, 15) is 18.0 Å².